The molecule has 0 bridgehead atoms. The van der Waals surface area contributed by atoms with Gasteiger partial charge in [-0.2, -0.15) is 0 Å². The van der Waals surface area contributed by atoms with Crippen molar-refractivity contribution in [3.05, 3.63) is 83.9 Å². The van der Waals surface area contributed by atoms with Gasteiger partial charge in [0.2, 0.25) is 0 Å². The maximum Gasteiger partial charge on any atom is 0.315 e. The van der Waals surface area contributed by atoms with Gasteiger partial charge in [0, 0.05) is 13.7 Å². The van der Waals surface area contributed by atoms with Crippen LogP contribution >= 0.6 is 0 Å². The van der Waals surface area contributed by atoms with Gasteiger partial charge in [0.05, 0.1) is 6.54 Å². The molecule has 27 heavy (non-hydrogen) atoms. The number of carbonyl (C=O) groups is 1. The molecule has 0 spiro atoms. The topological polar surface area (TPSA) is 50.4 Å². The van der Waals surface area contributed by atoms with E-state index in [1.54, 1.807) is 7.11 Å². The molecule has 1 unspecified atom stereocenters. The third kappa shape index (κ3) is 4.29. The molecule has 0 saturated carbocycles. The Morgan fingerprint density at radius 1 is 0.926 bits per heavy atom. The monoisotopic (exact) mass is 362 g/mol. The molecule has 3 aromatic rings. The molecule has 140 valence electrons. The van der Waals surface area contributed by atoms with Crippen molar-refractivity contribution in [1.82, 2.24) is 10.6 Å². The Hall–Kier alpha value is -2.85. The van der Waals surface area contributed by atoms with Crippen LogP contribution < -0.4 is 10.6 Å². The van der Waals surface area contributed by atoms with Crippen molar-refractivity contribution in [2.75, 3.05) is 13.7 Å². The zero-order valence-electron chi connectivity index (χ0n) is 15.9. The van der Waals surface area contributed by atoms with Gasteiger partial charge < -0.3 is 15.4 Å². The fraction of sp³-hybridized carbons (Fsp3) is 0.261. The molecule has 0 fully saturated rings. The van der Waals surface area contributed by atoms with Gasteiger partial charge in [-0.1, -0.05) is 79.7 Å². The lowest BCUT2D eigenvalue weighted by molar-refractivity contribution is -0.0152. The van der Waals surface area contributed by atoms with E-state index in [0.29, 0.717) is 13.1 Å². The number of hydrogen-bond acceptors (Lipinski definition) is 2. The number of rotatable bonds is 7. The summed E-state index contributed by atoms with van der Waals surface area (Å²) >= 11 is 0. The van der Waals surface area contributed by atoms with Gasteiger partial charge in [-0.15, -0.1) is 0 Å². The minimum absolute atomic E-state index is 0.200. The Morgan fingerprint density at radius 2 is 1.63 bits per heavy atom. The molecule has 0 radical (unpaired) electrons. The molecule has 0 aliphatic rings. The summed E-state index contributed by atoms with van der Waals surface area (Å²) in [7, 11) is 1.69. The quantitative estimate of drug-likeness (QED) is 0.646. The maximum atomic E-state index is 12.4. The molecule has 2 N–H and O–H groups in total. The van der Waals surface area contributed by atoms with E-state index in [-0.39, 0.29) is 6.03 Å². The fourth-order valence-electron chi connectivity index (χ4n) is 3.42. The second-order valence-corrected chi connectivity index (χ2v) is 6.59. The van der Waals surface area contributed by atoms with Crippen molar-refractivity contribution < 1.29 is 9.53 Å². The normalized spacial score (nSPS) is 13.1. The Bertz CT molecular complexity index is 884. The molecule has 3 aromatic carbocycles. The Kier molecular flexibility index (Phi) is 6.09. The summed E-state index contributed by atoms with van der Waals surface area (Å²) in [5, 5.41) is 8.25. The maximum absolute atomic E-state index is 12.4. The number of urea groups is 1. The van der Waals surface area contributed by atoms with E-state index >= 15 is 0 Å². The molecule has 3 rings (SSSR count). The van der Waals surface area contributed by atoms with Crippen LogP contribution in [0.15, 0.2) is 72.8 Å². The van der Waals surface area contributed by atoms with E-state index < -0.39 is 5.60 Å². The molecule has 0 saturated heterocycles. The number of carbonyl (C=O) groups excluding carboxylic acids is 1. The van der Waals surface area contributed by atoms with E-state index in [2.05, 4.69) is 35.8 Å². The van der Waals surface area contributed by atoms with Gasteiger partial charge in [-0.3, -0.25) is 0 Å². The van der Waals surface area contributed by atoms with E-state index in [1.807, 2.05) is 54.6 Å². The molecule has 0 aliphatic carbocycles. The van der Waals surface area contributed by atoms with Crippen LogP contribution in [0.3, 0.4) is 0 Å². The van der Waals surface area contributed by atoms with Gasteiger partial charge in [-0.05, 0) is 28.3 Å². The molecule has 0 heterocycles. The van der Waals surface area contributed by atoms with Crippen molar-refractivity contribution in [3.63, 3.8) is 0 Å². The largest absolute Gasteiger partial charge is 0.372 e. The highest BCUT2D eigenvalue weighted by Gasteiger charge is 2.30. The summed E-state index contributed by atoms with van der Waals surface area (Å²) in [6.45, 7) is 2.95. The smallest absolute Gasteiger partial charge is 0.315 e. The number of hydrogen-bond donors (Lipinski definition) is 2. The zero-order valence-corrected chi connectivity index (χ0v) is 15.9. The molecule has 4 heteroatoms. The summed E-state index contributed by atoms with van der Waals surface area (Å²) in [5.74, 6) is 0. The first kappa shape index (κ1) is 18.9. The van der Waals surface area contributed by atoms with Gasteiger partial charge in [-0.25, -0.2) is 4.79 Å². The third-order valence-electron chi connectivity index (χ3n) is 5.12. The van der Waals surface area contributed by atoms with Gasteiger partial charge >= 0.3 is 6.03 Å². The molecule has 2 amide bonds. The Morgan fingerprint density at radius 3 is 2.37 bits per heavy atom. The molecule has 0 aliphatic heterocycles. The lowest BCUT2D eigenvalue weighted by Crippen LogP contribution is -2.45. The summed E-state index contributed by atoms with van der Waals surface area (Å²) in [6.07, 6.45) is 0.761. The highest BCUT2D eigenvalue weighted by atomic mass is 16.5. The SMILES string of the molecule is CCC(CNC(=O)NCc1cccc2ccccc12)(OC)c1ccccc1. The minimum Gasteiger partial charge on any atom is -0.372 e. The van der Waals surface area contributed by atoms with Crippen molar-refractivity contribution >= 4 is 16.8 Å². The van der Waals surface area contributed by atoms with Crippen molar-refractivity contribution in [1.29, 1.82) is 0 Å². The zero-order chi connectivity index (χ0) is 19.1. The highest BCUT2D eigenvalue weighted by molar-refractivity contribution is 5.86. The van der Waals surface area contributed by atoms with Crippen LogP contribution in [0.2, 0.25) is 0 Å². The van der Waals surface area contributed by atoms with Crippen LogP contribution in [0, 0.1) is 0 Å². The molecular weight excluding hydrogens is 336 g/mol. The van der Waals surface area contributed by atoms with Crippen LogP contribution in [-0.4, -0.2) is 19.7 Å². The fourth-order valence-corrected chi connectivity index (χ4v) is 3.42. The van der Waals surface area contributed by atoms with Crippen LogP contribution in [0.1, 0.15) is 24.5 Å². The van der Waals surface area contributed by atoms with Gasteiger partial charge in [0.1, 0.15) is 5.60 Å². The summed E-state index contributed by atoms with van der Waals surface area (Å²) in [5.41, 5.74) is 1.63. The first-order valence-electron chi connectivity index (χ1n) is 9.27. The van der Waals surface area contributed by atoms with Crippen molar-refractivity contribution in [3.8, 4) is 0 Å². The Balaban J connectivity index is 1.63. The lowest BCUT2D eigenvalue weighted by Gasteiger charge is -2.32. The van der Waals surface area contributed by atoms with Crippen molar-refractivity contribution in [2.45, 2.75) is 25.5 Å². The third-order valence-corrected chi connectivity index (χ3v) is 5.12. The lowest BCUT2D eigenvalue weighted by atomic mass is 9.91. The van der Waals surface area contributed by atoms with E-state index in [9.17, 15) is 4.79 Å². The van der Waals surface area contributed by atoms with Crippen molar-refractivity contribution in [2.24, 2.45) is 0 Å². The number of amides is 2. The van der Waals surface area contributed by atoms with E-state index in [4.69, 9.17) is 4.74 Å². The van der Waals surface area contributed by atoms with E-state index in [1.165, 1.54) is 5.39 Å². The van der Waals surface area contributed by atoms with Crippen LogP contribution in [-0.2, 0) is 16.9 Å². The van der Waals surface area contributed by atoms with E-state index in [0.717, 1.165) is 22.9 Å². The summed E-state index contributed by atoms with van der Waals surface area (Å²) in [4.78, 5) is 12.4. The first-order chi connectivity index (χ1) is 13.2. The number of methoxy groups -OCH3 is 1. The van der Waals surface area contributed by atoms with Crippen LogP contribution in [0.25, 0.3) is 10.8 Å². The van der Waals surface area contributed by atoms with Gasteiger partial charge in [0.15, 0.2) is 0 Å². The average molecular weight is 362 g/mol. The number of ether oxygens (including phenoxy) is 1. The second-order valence-electron chi connectivity index (χ2n) is 6.59. The molecule has 4 nitrogen and oxygen atoms in total. The predicted octanol–water partition coefficient (Wildman–Crippen LogP) is 4.59. The van der Waals surface area contributed by atoms with Crippen LogP contribution in [0.4, 0.5) is 4.79 Å². The molecule has 0 aromatic heterocycles. The second kappa shape index (κ2) is 8.69. The summed E-state index contributed by atoms with van der Waals surface area (Å²) < 4.78 is 5.80. The Labute approximate surface area is 160 Å². The molecular formula is C23H26N2O2. The number of benzene rings is 3. The van der Waals surface area contributed by atoms with Gasteiger partial charge in [0.25, 0.3) is 0 Å². The minimum atomic E-state index is -0.530. The summed E-state index contributed by atoms with van der Waals surface area (Å²) in [6, 6.07) is 24.1. The average Bonchev–Trinajstić information content (AvgIpc) is 2.74. The first-order valence-corrected chi connectivity index (χ1v) is 9.27. The number of nitrogens with one attached hydrogen (secondary N) is 2. The predicted molar refractivity (Wildman–Crippen MR) is 110 cm³/mol. The highest BCUT2D eigenvalue weighted by Crippen LogP contribution is 2.28. The number of fused-ring (bicyclic) bond motifs is 1. The molecule has 1 atom stereocenters. The standard InChI is InChI=1S/C23H26N2O2/c1-3-23(27-2,20-13-5-4-6-14-20)17-25-22(26)24-16-19-12-9-11-18-10-7-8-15-21(18)19/h4-15H,3,16-17H2,1-2H3,(H2,24,25,26). The van der Waals surface area contributed by atoms with Crippen LogP contribution in [0.5, 0.6) is 0 Å².